The number of pyridine rings is 1. The standard InChI is InChI=1S/C23H24ClFN4O2/c1-2-18-19-8-3-4-11-28(19)20(27-18)12-22(31)29(16-9-10-16)14-21(30)26-13-15-6-5-7-17(24)23(15)25/h3-8,11,16H,2,9-10,12-14H2,1H3,(H,26,30). The maximum Gasteiger partial charge on any atom is 0.239 e. The Morgan fingerprint density at radius 2 is 2.06 bits per heavy atom. The highest BCUT2D eigenvalue weighted by molar-refractivity contribution is 6.30. The number of nitrogens with one attached hydrogen (secondary N) is 1. The van der Waals surface area contributed by atoms with Crippen LogP contribution in [0, 0.1) is 5.82 Å². The van der Waals surface area contributed by atoms with Crippen molar-refractivity contribution in [1.82, 2.24) is 19.6 Å². The largest absolute Gasteiger partial charge is 0.350 e. The number of aromatic nitrogens is 2. The lowest BCUT2D eigenvalue weighted by molar-refractivity contribution is -0.136. The number of benzene rings is 1. The minimum atomic E-state index is -0.544. The third-order valence-corrected chi connectivity index (χ3v) is 5.76. The Kier molecular flexibility index (Phi) is 6.23. The van der Waals surface area contributed by atoms with Crippen molar-refractivity contribution in [2.24, 2.45) is 0 Å². The molecular formula is C23H24ClFN4O2. The zero-order valence-electron chi connectivity index (χ0n) is 17.3. The molecule has 0 spiro atoms. The highest BCUT2D eigenvalue weighted by Crippen LogP contribution is 2.27. The van der Waals surface area contributed by atoms with Crippen LogP contribution < -0.4 is 5.32 Å². The van der Waals surface area contributed by atoms with Crippen LogP contribution in [-0.4, -0.2) is 38.7 Å². The van der Waals surface area contributed by atoms with E-state index < -0.39 is 5.82 Å². The summed E-state index contributed by atoms with van der Waals surface area (Å²) in [5, 5.41) is 2.70. The van der Waals surface area contributed by atoms with Crippen molar-refractivity contribution >= 4 is 28.9 Å². The summed E-state index contributed by atoms with van der Waals surface area (Å²) < 4.78 is 16.0. The van der Waals surface area contributed by atoms with Crippen molar-refractivity contribution in [3.05, 3.63) is 70.5 Å². The molecule has 1 aromatic carbocycles. The lowest BCUT2D eigenvalue weighted by atomic mass is 10.2. The molecule has 2 aromatic heterocycles. The Labute approximate surface area is 185 Å². The Morgan fingerprint density at radius 1 is 1.26 bits per heavy atom. The number of amides is 2. The quantitative estimate of drug-likeness (QED) is 0.580. The number of nitrogens with zero attached hydrogens (tertiary/aromatic N) is 3. The first-order valence-corrected chi connectivity index (χ1v) is 10.8. The molecule has 0 aliphatic heterocycles. The van der Waals surface area contributed by atoms with Gasteiger partial charge in [-0.1, -0.05) is 36.7 Å². The van der Waals surface area contributed by atoms with Crippen LogP contribution in [0.15, 0.2) is 42.6 Å². The summed E-state index contributed by atoms with van der Waals surface area (Å²) in [6, 6.07) is 10.6. The number of carbonyl (C=O) groups is 2. The van der Waals surface area contributed by atoms with Crippen LogP contribution in [-0.2, 0) is 29.0 Å². The van der Waals surface area contributed by atoms with Crippen molar-refractivity contribution < 1.29 is 14.0 Å². The number of aryl methyl sites for hydroxylation is 1. The molecule has 1 saturated carbocycles. The van der Waals surface area contributed by atoms with Gasteiger partial charge in [0.1, 0.15) is 11.6 Å². The summed E-state index contributed by atoms with van der Waals surface area (Å²) >= 11 is 5.79. The normalized spacial score (nSPS) is 13.4. The molecule has 1 aliphatic carbocycles. The fraction of sp³-hybridized carbons (Fsp3) is 0.348. The van der Waals surface area contributed by atoms with Gasteiger partial charge in [0.05, 0.1) is 29.2 Å². The Bertz CT molecular complexity index is 1130. The van der Waals surface area contributed by atoms with Crippen LogP contribution in [0.25, 0.3) is 5.52 Å². The third-order valence-electron chi connectivity index (χ3n) is 5.47. The molecule has 1 fully saturated rings. The molecule has 162 valence electrons. The smallest absolute Gasteiger partial charge is 0.239 e. The van der Waals surface area contributed by atoms with Crippen LogP contribution in [0.1, 0.15) is 36.8 Å². The SMILES string of the molecule is CCc1nc(CC(=O)N(CC(=O)NCc2cccc(Cl)c2F)C2CC2)n2ccccc12. The molecule has 0 bridgehead atoms. The molecular weight excluding hydrogens is 419 g/mol. The topological polar surface area (TPSA) is 66.7 Å². The van der Waals surface area contributed by atoms with Gasteiger partial charge < -0.3 is 14.6 Å². The average Bonchev–Trinajstić information content (AvgIpc) is 3.55. The second kappa shape index (κ2) is 9.06. The molecule has 1 N–H and O–H groups in total. The zero-order valence-corrected chi connectivity index (χ0v) is 18.0. The minimum Gasteiger partial charge on any atom is -0.350 e. The number of hydrogen-bond acceptors (Lipinski definition) is 3. The van der Waals surface area contributed by atoms with E-state index in [2.05, 4.69) is 10.3 Å². The van der Waals surface area contributed by atoms with Crippen molar-refractivity contribution in [2.75, 3.05) is 6.54 Å². The summed E-state index contributed by atoms with van der Waals surface area (Å²) in [6.45, 7) is 1.99. The van der Waals surface area contributed by atoms with Crippen LogP contribution >= 0.6 is 11.6 Å². The Hall–Kier alpha value is -2.93. The predicted molar refractivity (Wildman–Crippen MR) is 116 cm³/mol. The van der Waals surface area contributed by atoms with Crippen molar-refractivity contribution in [3.8, 4) is 0 Å². The van der Waals surface area contributed by atoms with E-state index >= 15 is 0 Å². The molecule has 0 saturated heterocycles. The summed E-state index contributed by atoms with van der Waals surface area (Å²) in [5.74, 6) is -0.339. The summed E-state index contributed by atoms with van der Waals surface area (Å²) in [7, 11) is 0. The number of hydrogen-bond donors (Lipinski definition) is 1. The molecule has 8 heteroatoms. The van der Waals surface area contributed by atoms with E-state index in [1.54, 1.807) is 17.0 Å². The van der Waals surface area contributed by atoms with Gasteiger partial charge >= 0.3 is 0 Å². The third kappa shape index (κ3) is 4.71. The Balaban J connectivity index is 1.43. The van der Waals surface area contributed by atoms with Gasteiger partial charge in [-0.15, -0.1) is 0 Å². The number of halogens is 2. The molecule has 31 heavy (non-hydrogen) atoms. The zero-order chi connectivity index (χ0) is 22.0. The first-order valence-electron chi connectivity index (χ1n) is 10.4. The fourth-order valence-electron chi connectivity index (χ4n) is 3.69. The van der Waals surface area contributed by atoms with Crippen LogP contribution in [0.2, 0.25) is 5.02 Å². The number of imidazole rings is 1. The van der Waals surface area contributed by atoms with Gasteiger partial charge in [0.25, 0.3) is 0 Å². The van der Waals surface area contributed by atoms with Gasteiger partial charge in [-0.05, 0) is 37.5 Å². The first kappa shape index (κ1) is 21.3. The van der Waals surface area contributed by atoms with Crippen molar-refractivity contribution in [2.45, 2.75) is 45.2 Å². The Morgan fingerprint density at radius 3 is 2.81 bits per heavy atom. The van der Waals surface area contributed by atoms with E-state index in [1.165, 1.54) is 6.07 Å². The molecule has 0 atom stereocenters. The first-order chi connectivity index (χ1) is 15.0. The fourth-order valence-corrected chi connectivity index (χ4v) is 3.88. The molecule has 1 aliphatic rings. The van der Waals surface area contributed by atoms with Crippen LogP contribution in [0.4, 0.5) is 4.39 Å². The molecule has 0 unspecified atom stereocenters. The van der Waals surface area contributed by atoms with Crippen LogP contribution in [0.5, 0.6) is 0 Å². The molecule has 2 amide bonds. The maximum absolute atomic E-state index is 14.0. The van der Waals surface area contributed by atoms with Gasteiger partial charge in [-0.3, -0.25) is 9.59 Å². The van der Waals surface area contributed by atoms with Crippen LogP contribution in [0.3, 0.4) is 0 Å². The maximum atomic E-state index is 14.0. The van der Waals surface area contributed by atoms with Crippen molar-refractivity contribution in [1.29, 1.82) is 0 Å². The molecule has 0 radical (unpaired) electrons. The van der Waals surface area contributed by atoms with E-state index in [9.17, 15) is 14.0 Å². The van der Waals surface area contributed by atoms with Gasteiger partial charge in [0.2, 0.25) is 11.8 Å². The lowest BCUT2D eigenvalue weighted by Crippen LogP contribution is -2.42. The second-order valence-electron chi connectivity index (χ2n) is 7.70. The lowest BCUT2D eigenvalue weighted by Gasteiger charge is -2.22. The van der Waals surface area contributed by atoms with Crippen molar-refractivity contribution in [3.63, 3.8) is 0 Å². The number of rotatable bonds is 8. The predicted octanol–water partition coefficient (Wildman–Crippen LogP) is 3.54. The van der Waals surface area contributed by atoms with E-state index in [4.69, 9.17) is 11.6 Å². The van der Waals surface area contributed by atoms with Gasteiger partial charge in [-0.25, -0.2) is 9.37 Å². The highest BCUT2D eigenvalue weighted by Gasteiger charge is 2.34. The van der Waals surface area contributed by atoms with Gasteiger partial charge in [0.15, 0.2) is 0 Å². The molecule has 4 rings (SSSR count). The minimum absolute atomic E-state index is 0.0138. The monoisotopic (exact) mass is 442 g/mol. The van der Waals surface area contributed by atoms with Gasteiger partial charge in [0, 0.05) is 24.3 Å². The summed E-state index contributed by atoms with van der Waals surface area (Å²) in [4.78, 5) is 31.8. The summed E-state index contributed by atoms with van der Waals surface area (Å²) in [6.07, 6.45) is 4.56. The molecule has 2 heterocycles. The van der Waals surface area contributed by atoms with E-state index in [0.29, 0.717) is 11.4 Å². The van der Waals surface area contributed by atoms with E-state index in [0.717, 1.165) is 30.5 Å². The second-order valence-corrected chi connectivity index (χ2v) is 8.11. The molecule has 6 nitrogen and oxygen atoms in total. The van der Waals surface area contributed by atoms with Gasteiger partial charge in [-0.2, -0.15) is 0 Å². The summed E-state index contributed by atoms with van der Waals surface area (Å²) in [5.41, 5.74) is 2.25. The number of fused-ring (bicyclic) bond motifs is 1. The van der Waals surface area contributed by atoms with E-state index in [-0.39, 0.29) is 42.4 Å². The average molecular weight is 443 g/mol. The highest BCUT2D eigenvalue weighted by atomic mass is 35.5. The number of carbonyl (C=O) groups excluding carboxylic acids is 2. The molecule has 3 aromatic rings. The van der Waals surface area contributed by atoms with E-state index in [1.807, 2.05) is 35.7 Å².